The predicted molar refractivity (Wildman–Crippen MR) is 123 cm³/mol. The lowest BCUT2D eigenvalue weighted by atomic mass is 9.69. The zero-order chi connectivity index (χ0) is 22.1. The van der Waals surface area contributed by atoms with Crippen molar-refractivity contribution in [2.24, 2.45) is 23.7 Å². The van der Waals surface area contributed by atoms with Gasteiger partial charge in [-0.2, -0.15) is 8.78 Å². The van der Waals surface area contributed by atoms with Gasteiger partial charge in [0.25, 0.3) is 0 Å². The Balaban J connectivity index is 1.38. The summed E-state index contributed by atoms with van der Waals surface area (Å²) in [5, 5.41) is 0. The molecule has 1 aromatic rings. The first-order chi connectivity index (χ1) is 15.1. The van der Waals surface area contributed by atoms with E-state index >= 15 is 0 Å². The first-order valence-electron chi connectivity index (χ1n) is 12.9. The number of benzene rings is 1. The van der Waals surface area contributed by atoms with Crippen LogP contribution in [0.1, 0.15) is 97.3 Å². The largest absolute Gasteiger partial charge is 0.490 e. The van der Waals surface area contributed by atoms with E-state index in [0.717, 1.165) is 37.0 Å². The van der Waals surface area contributed by atoms with E-state index in [-0.39, 0.29) is 11.5 Å². The Morgan fingerprint density at radius 3 is 1.81 bits per heavy atom. The van der Waals surface area contributed by atoms with Crippen molar-refractivity contribution in [3.63, 3.8) is 0 Å². The van der Waals surface area contributed by atoms with E-state index in [4.69, 9.17) is 9.47 Å². The van der Waals surface area contributed by atoms with Crippen molar-refractivity contribution in [3.05, 3.63) is 23.8 Å². The average molecular weight is 437 g/mol. The van der Waals surface area contributed by atoms with Crippen LogP contribution in [-0.2, 0) is 0 Å². The fourth-order valence-electron chi connectivity index (χ4n) is 5.61. The minimum Gasteiger partial charge on any atom is -0.490 e. The molecule has 0 unspecified atom stereocenters. The maximum Gasteiger partial charge on any atom is 0.204 e. The summed E-state index contributed by atoms with van der Waals surface area (Å²) < 4.78 is 39.4. The summed E-state index contributed by atoms with van der Waals surface area (Å²) in [5.41, 5.74) is 0. The molecule has 0 aliphatic heterocycles. The van der Waals surface area contributed by atoms with Gasteiger partial charge >= 0.3 is 0 Å². The maximum atomic E-state index is 14.3. The number of hydrogen-bond donors (Lipinski definition) is 0. The molecule has 2 nitrogen and oxygen atoms in total. The van der Waals surface area contributed by atoms with E-state index in [1.165, 1.54) is 76.3 Å². The van der Waals surface area contributed by atoms with Crippen molar-refractivity contribution in [1.82, 2.24) is 0 Å². The molecule has 4 heteroatoms. The molecular weight excluding hydrogens is 394 g/mol. The smallest absolute Gasteiger partial charge is 0.204 e. The standard InChI is InChI=1S/C27H42F2O2/c1-3-5-6-7-20-8-12-22(13-9-20)23-14-10-21(11-15-23)19-31-25-17-16-24(30-18-4-2)26(28)27(25)29/h16-17,20-23H,3-15,18-19H2,1-2H3. The van der Waals surface area contributed by atoms with Crippen molar-refractivity contribution in [2.75, 3.05) is 13.2 Å². The zero-order valence-corrected chi connectivity index (χ0v) is 19.6. The molecule has 2 aliphatic rings. The van der Waals surface area contributed by atoms with Crippen molar-refractivity contribution >= 4 is 0 Å². The molecule has 3 rings (SSSR count). The van der Waals surface area contributed by atoms with Crippen molar-refractivity contribution in [3.8, 4) is 11.5 Å². The molecule has 0 amide bonds. The van der Waals surface area contributed by atoms with Gasteiger partial charge in [0.05, 0.1) is 13.2 Å². The van der Waals surface area contributed by atoms with E-state index in [0.29, 0.717) is 19.1 Å². The third kappa shape index (κ3) is 7.08. The number of rotatable bonds is 11. The van der Waals surface area contributed by atoms with Gasteiger partial charge < -0.3 is 9.47 Å². The van der Waals surface area contributed by atoms with Crippen LogP contribution in [0.5, 0.6) is 11.5 Å². The zero-order valence-electron chi connectivity index (χ0n) is 19.6. The van der Waals surface area contributed by atoms with E-state index in [1.54, 1.807) is 0 Å². The van der Waals surface area contributed by atoms with E-state index in [9.17, 15) is 8.78 Å². The highest BCUT2D eigenvalue weighted by molar-refractivity contribution is 5.35. The van der Waals surface area contributed by atoms with Crippen LogP contribution in [0, 0.1) is 35.3 Å². The van der Waals surface area contributed by atoms with Gasteiger partial charge in [0.2, 0.25) is 11.6 Å². The molecule has 2 aliphatic carbocycles. The molecule has 0 radical (unpaired) electrons. The van der Waals surface area contributed by atoms with Crippen LogP contribution in [0.4, 0.5) is 8.78 Å². The second kappa shape index (κ2) is 12.6. The first-order valence-corrected chi connectivity index (χ1v) is 12.9. The Bertz CT molecular complexity index is 647. The summed E-state index contributed by atoms with van der Waals surface area (Å²) in [6.07, 6.45) is 16.8. The molecule has 0 spiro atoms. The van der Waals surface area contributed by atoms with Gasteiger partial charge in [-0.05, 0) is 80.8 Å². The van der Waals surface area contributed by atoms with Crippen LogP contribution in [0.2, 0.25) is 0 Å². The lowest BCUT2D eigenvalue weighted by Crippen LogP contribution is -2.27. The molecule has 0 heterocycles. The summed E-state index contributed by atoms with van der Waals surface area (Å²) in [6.45, 7) is 5.06. The van der Waals surface area contributed by atoms with Crippen molar-refractivity contribution < 1.29 is 18.3 Å². The Morgan fingerprint density at radius 2 is 1.26 bits per heavy atom. The van der Waals surface area contributed by atoms with Gasteiger partial charge in [0, 0.05) is 0 Å². The molecule has 2 fully saturated rings. The highest BCUT2D eigenvalue weighted by Crippen LogP contribution is 2.42. The topological polar surface area (TPSA) is 18.5 Å². The molecule has 176 valence electrons. The second-order valence-corrected chi connectivity index (χ2v) is 9.91. The van der Waals surface area contributed by atoms with Gasteiger partial charge in [-0.3, -0.25) is 0 Å². The van der Waals surface area contributed by atoms with E-state index < -0.39 is 11.6 Å². The van der Waals surface area contributed by atoms with Gasteiger partial charge in [-0.25, -0.2) is 0 Å². The summed E-state index contributed by atoms with van der Waals surface area (Å²) in [6, 6.07) is 2.97. The number of unbranched alkanes of at least 4 members (excludes halogenated alkanes) is 2. The normalized spacial score (nSPS) is 26.6. The minimum absolute atomic E-state index is 0.00451. The van der Waals surface area contributed by atoms with Gasteiger partial charge in [0.15, 0.2) is 11.5 Å². The number of hydrogen-bond acceptors (Lipinski definition) is 2. The fourth-order valence-corrected chi connectivity index (χ4v) is 5.61. The number of ether oxygens (including phenoxy) is 2. The van der Waals surface area contributed by atoms with Crippen LogP contribution < -0.4 is 9.47 Å². The molecule has 0 bridgehead atoms. The molecule has 1 aromatic carbocycles. The quantitative estimate of drug-likeness (QED) is 0.325. The van der Waals surface area contributed by atoms with Crippen LogP contribution in [-0.4, -0.2) is 13.2 Å². The highest BCUT2D eigenvalue weighted by atomic mass is 19.2. The van der Waals surface area contributed by atoms with Crippen molar-refractivity contribution in [1.29, 1.82) is 0 Å². The highest BCUT2D eigenvalue weighted by Gasteiger charge is 2.31. The second-order valence-electron chi connectivity index (χ2n) is 9.91. The molecule has 2 saturated carbocycles. The molecular formula is C27H42F2O2. The molecule has 0 N–H and O–H groups in total. The molecule has 0 atom stereocenters. The maximum absolute atomic E-state index is 14.3. The van der Waals surface area contributed by atoms with Gasteiger partial charge in [-0.1, -0.05) is 52.4 Å². The Kier molecular flexibility index (Phi) is 9.93. The van der Waals surface area contributed by atoms with E-state index in [1.807, 2.05) is 6.92 Å². The lowest BCUT2D eigenvalue weighted by molar-refractivity contribution is 0.120. The lowest BCUT2D eigenvalue weighted by Gasteiger charge is -2.38. The van der Waals surface area contributed by atoms with Crippen LogP contribution in [0.3, 0.4) is 0 Å². The Hall–Kier alpha value is -1.32. The summed E-state index contributed by atoms with van der Waals surface area (Å²) >= 11 is 0. The van der Waals surface area contributed by atoms with Gasteiger partial charge in [-0.15, -0.1) is 0 Å². The monoisotopic (exact) mass is 436 g/mol. The molecule has 0 saturated heterocycles. The summed E-state index contributed by atoms with van der Waals surface area (Å²) in [4.78, 5) is 0. The first kappa shape index (κ1) is 24.3. The van der Waals surface area contributed by atoms with E-state index in [2.05, 4.69) is 6.92 Å². The molecule has 0 aromatic heterocycles. The Morgan fingerprint density at radius 1 is 0.710 bits per heavy atom. The van der Waals surface area contributed by atoms with Gasteiger partial charge in [0.1, 0.15) is 0 Å². The average Bonchev–Trinajstić information content (AvgIpc) is 2.80. The van der Waals surface area contributed by atoms with Crippen molar-refractivity contribution in [2.45, 2.75) is 97.3 Å². The third-order valence-electron chi connectivity index (χ3n) is 7.61. The van der Waals surface area contributed by atoms with Crippen LogP contribution in [0.15, 0.2) is 12.1 Å². The SMILES string of the molecule is CCCCCC1CCC(C2CCC(COc3ccc(OCCC)c(F)c3F)CC2)CC1. The summed E-state index contributed by atoms with van der Waals surface area (Å²) in [5.74, 6) is 1.28. The predicted octanol–water partition coefficient (Wildman–Crippen LogP) is 8.33. The van der Waals surface area contributed by atoms with Crippen LogP contribution >= 0.6 is 0 Å². The number of halogens is 2. The molecule has 31 heavy (non-hydrogen) atoms. The fraction of sp³-hybridized carbons (Fsp3) is 0.778. The summed E-state index contributed by atoms with van der Waals surface area (Å²) in [7, 11) is 0. The van der Waals surface area contributed by atoms with Crippen LogP contribution in [0.25, 0.3) is 0 Å². The Labute approximate surface area is 188 Å². The minimum atomic E-state index is -0.944. The third-order valence-corrected chi connectivity index (χ3v) is 7.61.